The molecule has 116 valence electrons. The summed E-state index contributed by atoms with van der Waals surface area (Å²) in [6, 6.07) is 13.1. The molecule has 0 radical (unpaired) electrons. The third kappa shape index (κ3) is 2.76. The van der Waals surface area contributed by atoms with Gasteiger partial charge < -0.3 is 4.57 Å². The van der Waals surface area contributed by atoms with E-state index in [0.717, 1.165) is 11.3 Å². The first-order valence-electron chi connectivity index (χ1n) is 6.87. The summed E-state index contributed by atoms with van der Waals surface area (Å²) in [5.41, 5.74) is 2.38. The number of anilines is 1. The van der Waals surface area contributed by atoms with E-state index in [1.807, 2.05) is 24.6 Å². The minimum atomic E-state index is -3.71. The van der Waals surface area contributed by atoms with E-state index in [2.05, 4.69) is 9.71 Å². The lowest BCUT2D eigenvalue weighted by molar-refractivity contribution is 0.601. The standard InChI is InChI=1S/C16H14N4O2S/c1-11-18-15-9-14(7-8-16(15)20(11)2)23(21,22)19-13-5-3-12(10-17)4-6-13/h3-9,19H,1-2H3. The van der Waals surface area contributed by atoms with Gasteiger partial charge in [-0.05, 0) is 49.4 Å². The lowest BCUT2D eigenvalue weighted by atomic mass is 10.2. The van der Waals surface area contributed by atoms with Crippen LogP contribution in [0.4, 0.5) is 5.69 Å². The molecule has 23 heavy (non-hydrogen) atoms. The number of hydrogen-bond acceptors (Lipinski definition) is 4. The highest BCUT2D eigenvalue weighted by Gasteiger charge is 2.16. The van der Waals surface area contributed by atoms with Gasteiger partial charge in [0.25, 0.3) is 10.0 Å². The first kappa shape index (κ1) is 15.1. The summed E-state index contributed by atoms with van der Waals surface area (Å²) < 4.78 is 29.4. The van der Waals surface area contributed by atoms with E-state index < -0.39 is 10.0 Å². The second kappa shape index (κ2) is 5.41. The minimum Gasteiger partial charge on any atom is -0.331 e. The van der Waals surface area contributed by atoms with E-state index >= 15 is 0 Å². The topological polar surface area (TPSA) is 87.8 Å². The molecule has 1 aromatic heterocycles. The molecular formula is C16H14N4O2S. The molecule has 0 aliphatic rings. The SMILES string of the molecule is Cc1nc2cc(S(=O)(=O)Nc3ccc(C#N)cc3)ccc2n1C. The molecule has 0 saturated heterocycles. The number of nitrogens with one attached hydrogen (secondary N) is 1. The van der Waals surface area contributed by atoms with Crippen LogP contribution in [0, 0.1) is 18.3 Å². The average Bonchev–Trinajstić information content (AvgIpc) is 2.82. The predicted octanol–water partition coefficient (Wildman–Crippen LogP) is 2.55. The van der Waals surface area contributed by atoms with E-state index in [1.54, 1.807) is 42.5 Å². The Hall–Kier alpha value is -2.85. The number of nitrogens with zero attached hydrogens (tertiary/aromatic N) is 3. The van der Waals surface area contributed by atoms with Crippen LogP contribution >= 0.6 is 0 Å². The fourth-order valence-electron chi connectivity index (χ4n) is 2.29. The fourth-order valence-corrected chi connectivity index (χ4v) is 3.37. The van der Waals surface area contributed by atoms with Crippen molar-refractivity contribution in [3.05, 3.63) is 53.9 Å². The van der Waals surface area contributed by atoms with Crippen LogP contribution in [0.25, 0.3) is 11.0 Å². The number of sulfonamides is 1. The largest absolute Gasteiger partial charge is 0.331 e. The zero-order valence-corrected chi connectivity index (χ0v) is 13.4. The van der Waals surface area contributed by atoms with E-state index in [9.17, 15) is 8.42 Å². The average molecular weight is 326 g/mol. The van der Waals surface area contributed by atoms with Crippen molar-refractivity contribution >= 4 is 26.7 Å². The Morgan fingerprint density at radius 1 is 1.17 bits per heavy atom. The number of benzene rings is 2. The van der Waals surface area contributed by atoms with Crippen molar-refractivity contribution in [3.8, 4) is 6.07 Å². The lowest BCUT2D eigenvalue weighted by Gasteiger charge is -2.08. The number of nitriles is 1. The van der Waals surface area contributed by atoms with Crippen LogP contribution in [-0.4, -0.2) is 18.0 Å². The Balaban J connectivity index is 1.97. The number of aromatic nitrogens is 2. The maximum atomic E-state index is 12.5. The Kier molecular flexibility index (Phi) is 3.54. The van der Waals surface area contributed by atoms with Gasteiger partial charge in [-0.3, -0.25) is 4.72 Å². The number of imidazole rings is 1. The minimum absolute atomic E-state index is 0.146. The summed E-state index contributed by atoms with van der Waals surface area (Å²) in [7, 11) is -1.83. The Morgan fingerprint density at radius 3 is 2.52 bits per heavy atom. The molecule has 0 spiro atoms. The van der Waals surface area contributed by atoms with Crippen molar-refractivity contribution in [2.75, 3.05) is 4.72 Å². The van der Waals surface area contributed by atoms with Crippen LogP contribution in [0.1, 0.15) is 11.4 Å². The van der Waals surface area contributed by atoms with Gasteiger partial charge >= 0.3 is 0 Å². The molecule has 0 unspecified atom stereocenters. The second-order valence-electron chi connectivity index (χ2n) is 5.16. The summed E-state index contributed by atoms with van der Waals surface area (Å²) in [5.74, 6) is 0.814. The molecular weight excluding hydrogens is 312 g/mol. The third-order valence-electron chi connectivity index (χ3n) is 3.65. The van der Waals surface area contributed by atoms with Gasteiger partial charge in [0, 0.05) is 12.7 Å². The first-order valence-corrected chi connectivity index (χ1v) is 8.35. The maximum Gasteiger partial charge on any atom is 0.261 e. The number of rotatable bonds is 3. The van der Waals surface area contributed by atoms with Crippen LogP contribution < -0.4 is 4.72 Å². The number of fused-ring (bicyclic) bond motifs is 1. The summed E-state index contributed by atoms with van der Waals surface area (Å²) in [6.07, 6.45) is 0. The molecule has 0 aliphatic heterocycles. The molecule has 1 N–H and O–H groups in total. The summed E-state index contributed by atoms with van der Waals surface area (Å²) in [6.45, 7) is 1.86. The summed E-state index contributed by atoms with van der Waals surface area (Å²) in [5, 5.41) is 8.77. The molecule has 1 heterocycles. The number of hydrogen-bond donors (Lipinski definition) is 1. The molecule has 0 saturated carbocycles. The first-order chi connectivity index (χ1) is 10.9. The summed E-state index contributed by atoms with van der Waals surface area (Å²) in [4.78, 5) is 4.50. The molecule has 3 rings (SSSR count). The molecule has 0 atom stereocenters. The predicted molar refractivity (Wildman–Crippen MR) is 87.4 cm³/mol. The molecule has 7 heteroatoms. The monoisotopic (exact) mass is 326 g/mol. The van der Waals surface area contributed by atoms with Crippen LogP contribution in [0.5, 0.6) is 0 Å². The number of aryl methyl sites for hydroxylation is 2. The van der Waals surface area contributed by atoms with Gasteiger partial charge in [0.1, 0.15) is 5.82 Å². The Labute approximate surface area is 134 Å². The van der Waals surface area contributed by atoms with Crippen LogP contribution in [0.2, 0.25) is 0 Å². The highest BCUT2D eigenvalue weighted by Crippen LogP contribution is 2.21. The van der Waals surface area contributed by atoms with Gasteiger partial charge in [-0.2, -0.15) is 5.26 Å². The normalized spacial score (nSPS) is 11.3. The molecule has 0 amide bonds. The van der Waals surface area contributed by atoms with Crippen molar-refractivity contribution in [2.24, 2.45) is 7.05 Å². The fraction of sp³-hybridized carbons (Fsp3) is 0.125. The van der Waals surface area contributed by atoms with Gasteiger partial charge in [0.2, 0.25) is 0 Å². The maximum absolute atomic E-state index is 12.5. The molecule has 0 bridgehead atoms. The smallest absolute Gasteiger partial charge is 0.261 e. The molecule has 0 aliphatic carbocycles. The van der Waals surface area contributed by atoms with Gasteiger partial charge in [-0.15, -0.1) is 0 Å². The van der Waals surface area contributed by atoms with Gasteiger partial charge in [0.15, 0.2) is 0 Å². The van der Waals surface area contributed by atoms with E-state index in [1.165, 1.54) is 0 Å². The van der Waals surface area contributed by atoms with Crippen molar-refractivity contribution < 1.29 is 8.42 Å². The van der Waals surface area contributed by atoms with Crippen LogP contribution in [-0.2, 0) is 17.1 Å². The zero-order chi connectivity index (χ0) is 16.6. The van der Waals surface area contributed by atoms with Crippen molar-refractivity contribution in [1.29, 1.82) is 5.26 Å². The zero-order valence-electron chi connectivity index (χ0n) is 12.6. The van der Waals surface area contributed by atoms with Crippen LogP contribution in [0.3, 0.4) is 0 Å². The van der Waals surface area contributed by atoms with Crippen molar-refractivity contribution in [1.82, 2.24) is 9.55 Å². The quantitative estimate of drug-likeness (QED) is 0.801. The lowest BCUT2D eigenvalue weighted by Crippen LogP contribution is -2.12. The molecule has 0 fully saturated rings. The van der Waals surface area contributed by atoms with E-state index in [0.29, 0.717) is 16.8 Å². The van der Waals surface area contributed by atoms with E-state index in [4.69, 9.17) is 5.26 Å². The van der Waals surface area contributed by atoms with Crippen LogP contribution in [0.15, 0.2) is 47.4 Å². The second-order valence-corrected chi connectivity index (χ2v) is 6.85. The van der Waals surface area contributed by atoms with Gasteiger partial charge in [-0.25, -0.2) is 13.4 Å². The summed E-state index contributed by atoms with van der Waals surface area (Å²) >= 11 is 0. The molecule has 2 aromatic carbocycles. The van der Waals surface area contributed by atoms with Gasteiger partial charge in [0.05, 0.1) is 27.6 Å². The highest BCUT2D eigenvalue weighted by atomic mass is 32.2. The van der Waals surface area contributed by atoms with Crippen molar-refractivity contribution in [2.45, 2.75) is 11.8 Å². The third-order valence-corrected chi connectivity index (χ3v) is 5.03. The van der Waals surface area contributed by atoms with E-state index in [-0.39, 0.29) is 4.90 Å². The Morgan fingerprint density at radius 2 is 1.87 bits per heavy atom. The highest BCUT2D eigenvalue weighted by molar-refractivity contribution is 7.92. The van der Waals surface area contributed by atoms with Crippen molar-refractivity contribution in [3.63, 3.8) is 0 Å². The van der Waals surface area contributed by atoms with Gasteiger partial charge in [-0.1, -0.05) is 0 Å². The molecule has 3 aromatic rings. The molecule has 6 nitrogen and oxygen atoms in total. The Bertz CT molecular complexity index is 1030.